The molecule has 5 atom stereocenters. The molecule has 0 aromatic heterocycles. The molecule has 1 rings (SSSR count). The summed E-state index contributed by atoms with van der Waals surface area (Å²) < 4.78 is 0. The van der Waals surface area contributed by atoms with Gasteiger partial charge in [0.1, 0.15) is 23.9 Å². The van der Waals surface area contributed by atoms with Crippen molar-refractivity contribution < 1.29 is 49.2 Å². The van der Waals surface area contributed by atoms with Gasteiger partial charge in [-0.1, -0.05) is 12.1 Å². The van der Waals surface area contributed by atoms with Gasteiger partial charge in [-0.3, -0.25) is 24.0 Å². The molecule has 0 aliphatic heterocycles. The standard InChI is InChI=1S/C22H31N5O10/c1-10(28)18(27-19(33)13(23)9-17(31)32)21(35)25-14(6-7-16(24)30)20(34)26-15(22(36)37)8-11-2-4-12(29)5-3-11/h2-5,10,13-15,18,28-29H,6-9,23H2,1H3,(H2,24,30)(H,25,35)(H,26,34)(H,27,33)(H,31,32)(H,36,37). The minimum atomic E-state index is -1.66. The van der Waals surface area contributed by atoms with Crippen LogP contribution >= 0.6 is 0 Å². The number of aliphatic hydroxyl groups excluding tert-OH is 1. The monoisotopic (exact) mass is 525 g/mol. The van der Waals surface area contributed by atoms with Crippen LogP contribution in [-0.2, 0) is 35.2 Å². The van der Waals surface area contributed by atoms with Gasteiger partial charge in [0.05, 0.1) is 18.6 Å². The molecule has 37 heavy (non-hydrogen) atoms. The third-order valence-electron chi connectivity index (χ3n) is 5.10. The van der Waals surface area contributed by atoms with Crippen molar-refractivity contribution in [3.63, 3.8) is 0 Å². The van der Waals surface area contributed by atoms with E-state index in [9.17, 15) is 44.1 Å². The summed E-state index contributed by atoms with van der Waals surface area (Å²) in [6.45, 7) is 1.14. The van der Waals surface area contributed by atoms with E-state index < -0.39 is 72.3 Å². The number of phenolic OH excluding ortho intramolecular Hbond substituents is 1. The lowest BCUT2D eigenvalue weighted by Crippen LogP contribution is -2.60. The van der Waals surface area contributed by atoms with E-state index in [0.717, 1.165) is 6.92 Å². The normalized spacial score (nSPS) is 14.8. The van der Waals surface area contributed by atoms with Gasteiger partial charge >= 0.3 is 11.9 Å². The van der Waals surface area contributed by atoms with Crippen molar-refractivity contribution in [1.82, 2.24) is 16.0 Å². The SMILES string of the molecule is CC(O)C(NC(=O)C(N)CC(=O)O)C(=O)NC(CCC(N)=O)C(=O)NC(Cc1ccc(O)cc1)C(=O)O. The molecule has 0 aliphatic carbocycles. The second kappa shape index (κ2) is 14.4. The van der Waals surface area contributed by atoms with E-state index >= 15 is 0 Å². The van der Waals surface area contributed by atoms with Crippen molar-refractivity contribution in [1.29, 1.82) is 0 Å². The summed E-state index contributed by atoms with van der Waals surface area (Å²) >= 11 is 0. The summed E-state index contributed by atoms with van der Waals surface area (Å²) in [6, 6.07) is -0.569. The lowest BCUT2D eigenvalue weighted by molar-refractivity contribution is -0.142. The lowest BCUT2D eigenvalue weighted by Gasteiger charge is -2.26. The lowest BCUT2D eigenvalue weighted by atomic mass is 10.0. The number of carbonyl (C=O) groups is 6. The molecule has 4 amide bonds. The predicted molar refractivity (Wildman–Crippen MR) is 126 cm³/mol. The van der Waals surface area contributed by atoms with E-state index in [0.29, 0.717) is 5.56 Å². The summed E-state index contributed by atoms with van der Waals surface area (Å²) in [6.07, 6.45) is -3.14. The number of nitrogens with two attached hydrogens (primary N) is 2. The zero-order valence-corrected chi connectivity index (χ0v) is 19.9. The number of aliphatic hydroxyl groups is 1. The van der Waals surface area contributed by atoms with Crippen LogP contribution in [-0.4, -0.2) is 86.3 Å². The maximum absolute atomic E-state index is 12.9. The number of nitrogens with one attached hydrogen (secondary N) is 3. The maximum Gasteiger partial charge on any atom is 0.326 e. The first kappa shape index (κ1) is 30.8. The molecule has 0 bridgehead atoms. The minimum absolute atomic E-state index is 0.0439. The van der Waals surface area contributed by atoms with Crippen LogP contribution in [0.5, 0.6) is 5.75 Å². The smallest absolute Gasteiger partial charge is 0.326 e. The van der Waals surface area contributed by atoms with E-state index in [1.165, 1.54) is 24.3 Å². The molecule has 15 nitrogen and oxygen atoms in total. The van der Waals surface area contributed by atoms with Crippen LogP contribution in [0.4, 0.5) is 0 Å². The number of hydrogen-bond acceptors (Lipinski definition) is 9. The Morgan fingerprint density at radius 2 is 1.46 bits per heavy atom. The summed E-state index contributed by atoms with van der Waals surface area (Å²) in [4.78, 5) is 71.5. The predicted octanol–water partition coefficient (Wildman–Crippen LogP) is -3.08. The molecule has 0 aliphatic rings. The number of carboxylic acids is 2. The number of rotatable bonds is 15. The van der Waals surface area contributed by atoms with Gasteiger partial charge in [0.15, 0.2) is 0 Å². The van der Waals surface area contributed by atoms with E-state index in [2.05, 4.69) is 16.0 Å². The Kier molecular flexibility index (Phi) is 11.9. The Morgan fingerprint density at radius 3 is 1.95 bits per heavy atom. The van der Waals surface area contributed by atoms with Crippen LogP contribution in [0.25, 0.3) is 0 Å². The average Bonchev–Trinajstić information content (AvgIpc) is 2.79. The topological polar surface area (TPSA) is 271 Å². The molecule has 0 fully saturated rings. The first-order valence-electron chi connectivity index (χ1n) is 11.1. The summed E-state index contributed by atoms with van der Waals surface area (Å²) in [7, 11) is 0. The first-order valence-corrected chi connectivity index (χ1v) is 11.1. The van der Waals surface area contributed by atoms with Crippen LogP contribution in [0.15, 0.2) is 24.3 Å². The quantitative estimate of drug-likeness (QED) is 0.111. The van der Waals surface area contributed by atoms with Crippen LogP contribution < -0.4 is 27.4 Å². The Labute approximate surface area is 211 Å². The van der Waals surface area contributed by atoms with E-state index in [1.54, 1.807) is 0 Å². The van der Waals surface area contributed by atoms with Gasteiger partial charge in [-0.15, -0.1) is 0 Å². The van der Waals surface area contributed by atoms with Gasteiger partial charge in [0, 0.05) is 12.8 Å². The third kappa shape index (κ3) is 10.9. The number of aromatic hydroxyl groups is 1. The number of carboxylic acid groups (broad SMARTS) is 2. The highest BCUT2D eigenvalue weighted by Gasteiger charge is 2.33. The molecule has 0 saturated heterocycles. The molecule has 0 heterocycles. The summed E-state index contributed by atoms with van der Waals surface area (Å²) in [5.41, 5.74) is 11.1. The zero-order chi connectivity index (χ0) is 28.3. The molecule has 204 valence electrons. The summed E-state index contributed by atoms with van der Waals surface area (Å²) in [5, 5.41) is 44.2. The minimum Gasteiger partial charge on any atom is -0.508 e. The van der Waals surface area contributed by atoms with Gasteiger partial charge in [-0.25, -0.2) is 4.79 Å². The fraction of sp³-hybridized carbons (Fsp3) is 0.455. The third-order valence-corrected chi connectivity index (χ3v) is 5.10. The second-order valence-corrected chi connectivity index (χ2v) is 8.27. The Balaban J connectivity index is 3.03. The number of primary amides is 1. The maximum atomic E-state index is 12.9. The highest BCUT2D eigenvalue weighted by Crippen LogP contribution is 2.12. The molecule has 1 aromatic carbocycles. The van der Waals surface area contributed by atoms with Crippen LogP contribution in [0, 0.1) is 0 Å². The summed E-state index contributed by atoms with van der Waals surface area (Å²) in [5.74, 6) is -6.75. The molecule has 1 aromatic rings. The Bertz CT molecular complexity index is 998. The van der Waals surface area contributed by atoms with Gasteiger partial charge < -0.3 is 47.8 Å². The molecule has 15 heteroatoms. The molecule has 0 radical (unpaired) electrons. The number of hydrogen-bond donors (Lipinski definition) is 9. The fourth-order valence-corrected chi connectivity index (χ4v) is 3.10. The largest absolute Gasteiger partial charge is 0.508 e. The van der Waals surface area contributed by atoms with Gasteiger partial charge in [0.2, 0.25) is 23.6 Å². The van der Waals surface area contributed by atoms with Crippen LogP contribution in [0.3, 0.4) is 0 Å². The highest BCUT2D eigenvalue weighted by molar-refractivity contribution is 5.95. The average molecular weight is 526 g/mol. The van der Waals surface area contributed by atoms with E-state index in [1.807, 2.05) is 0 Å². The number of aliphatic carboxylic acids is 2. The van der Waals surface area contributed by atoms with Crippen LogP contribution in [0.2, 0.25) is 0 Å². The Hall–Kier alpha value is -4.24. The fourth-order valence-electron chi connectivity index (χ4n) is 3.10. The van der Waals surface area contributed by atoms with Gasteiger partial charge in [-0.05, 0) is 31.0 Å². The van der Waals surface area contributed by atoms with Crippen LogP contribution in [0.1, 0.15) is 31.7 Å². The molecule has 5 unspecified atom stereocenters. The Morgan fingerprint density at radius 1 is 0.892 bits per heavy atom. The molecule has 0 spiro atoms. The molecule has 0 saturated carbocycles. The highest BCUT2D eigenvalue weighted by atomic mass is 16.4. The van der Waals surface area contributed by atoms with Crippen molar-refractivity contribution in [3.8, 4) is 5.75 Å². The number of benzene rings is 1. The second-order valence-electron chi connectivity index (χ2n) is 8.27. The van der Waals surface area contributed by atoms with E-state index in [-0.39, 0.29) is 25.0 Å². The first-order chi connectivity index (χ1) is 17.2. The van der Waals surface area contributed by atoms with Crippen molar-refractivity contribution in [3.05, 3.63) is 29.8 Å². The molecule has 11 N–H and O–H groups in total. The number of amides is 4. The molecular weight excluding hydrogens is 494 g/mol. The number of carbonyl (C=O) groups excluding carboxylic acids is 4. The van der Waals surface area contributed by atoms with Gasteiger partial charge in [-0.2, -0.15) is 0 Å². The number of phenols is 1. The molecular formula is C22H31N5O10. The van der Waals surface area contributed by atoms with E-state index in [4.69, 9.17) is 16.6 Å². The van der Waals surface area contributed by atoms with Crippen molar-refractivity contribution in [2.24, 2.45) is 11.5 Å². The van der Waals surface area contributed by atoms with Crippen molar-refractivity contribution in [2.75, 3.05) is 0 Å². The van der Waals surface area contributed by atoms with Gasteiger partial charge in [0.25, 0.3) is 0 Å². The van der Waals surface area contributed by atoms with Crippen molar-refractivity contribution >= 4 is 35.6 Å². The zero-order valence-electron chi connectivity index (χ0n) is 19.9. The van der Waals surface area contributed by atoms with Crippen molar-refractivity contribution in [2.45, 2.75) is 62.9 Å².